The molecule has 2 nitrogen and oxygen atoms in total. The van der Waals surface area contributed by atoms with Crippen molar-refractivity contribution in [3.63, 3.8) is 0 Å². The van der Waals surface area contributed by atoms with Crippen LogP contribution in [0.1, 0.15) is 25.7 Å². The summed E-state index contributed by atoms with van der Waals surface area (Å²) in [6.45, 7) is 0. The van der Waals surface area contributed by atoms with Gasteiger partial charge in [0.2, 0.25) is 0 Å². The molecule has 10 heavy (non-hydrogen) atoms. The normalized spacial score (nSPS) is 26.3. The molecule has 2 heteroatoms. The van der Waals surface area contributed by atoms with Crippen LogP contribution in [-0.4, -0.2) is 5.11 Å². The van der Waals surface area contributed by atoms with E-state index in [9.17, 15) is 0 Å². The summed E-state index contributed by atoms with van der Waals surface area (Å²) in [4.78, 5) is 0. The lowest BCUT2D eigenvalue weighted by Crippen LogP contribution is -1.85. The van der Waals surface area contributed by atoms with E-state index in [1.807, 2.05) is 0 Å². The first-order valence-electron chi connectivity index (χ1n) is 3.58. The summed E-state index contributed by atoms with van der Waals surface area (Å²) >= 11 is 0. The van der Waals surface area contributed by atoms with Crippen LogP contribution in [0.5, 0.6) is 0 Å². The molecule has 0 aromatic carbocycles. The van der Waals surface area contributed by atoms with E-state index in [0.29, 0.717) is 0 Å². The Morgan fingerprint density at radius 1 is 1.70 bits per heavy atom. The van der Waals surface area contributed by atoms with Crippen LogP contribution in [0.3, 0.4) is 0 Å². The third-order valence-corrected chi connectivity index (χ3v) is 2.16. The lowest BCUT2D eigenvalue weighted by molar-refractivity contribution is 0.503. The Balaban J connectivity index is 0.000000148. The predicted molar refractivity (Wildman–Crippen MR) is 37.6 cm³/mol. The van der Waals surface area contributed by atoms with Crippen molar-refractivity contribution in [2.24, 2.45) is 5.92 Å². The molecule has 0 spiro atoms. The summed E-state index contributed by atoms with van der Waals surface area (Å²) in [5.74, 6) is 1.08. The lowest BCUT2D eigenvalue weighted by atomic mass is 10.1. The van der Waals surface area contributed by atoms with Gasteiger partial charge in [-0.1, -0.05) is 11.6 Å². The maximum Gasteiger partial charge on any atom is 0.283 e. The number of aliphatic hydroxyl groups excluding tert-OH is 1. The number of allylic oxidation sites excluding steroid dienone is 2. The van der Waals surface area contributed by atoms with Crippen molar-refractivity contribution in [3.05, 3.63) is 11.6 Å². The maximum atomic E-state index is 6.88. The average Bonchev–Trinajstić information content (AvgIpc) is 2.49. The maximum absolute atomic E-state index is 6.88. The van der Waals surface area contributed by atoms with E-state index in [2.05, 4.69) is 6.08 Å². The van der Waals surface area contributed by atoms with Gasteiger partial charge in [0.1, 0.15) is 0 Å². The Labute approximate surface area is 60.8 Å². The van der Waals surface area contributed by atoms with E-state index in [0.717, 1.165) is 12.2 Å². The van der Waals surface area contributed by atoms with E-state index in [4.69, 9.17) is 10.4 Å². The smallest absolute Gasteiger partial charge is 0.283 e. The lowest BCUT2D eigenvalue weighted by Gasteiger charge is -1.98. The molecule has 1 N–H and O–H groups in total. The number of fused-ring (bicyclic) bond motifs is 2. The van der Waals surface area contributed by atoms with Gasteiger partial charge in [0, 0.05) is 0 Å². The van der Waals surface area contributed by atoms with E-state index < -0.39 is 0 Å². The summed E-state index contributed by atoms with van der Waals surface area (Å²) in [5.41, 5.74) is 1.74. The first-order chi connectivity index (χ1) is 4.86. The Morgan fingerprint density at radius 3 is 2.50 bits per heavy atom. The number of hydrogen-bond donors (Lipinski definition) is 1. The summed E-state index contributed by atoms with van der Waals surface area (Å²) < 4.78 is 0. The van der Waals surface area contributed by atoms with Gasteiger partial charge in [0.25, 0.3) is 6.26 Å². The zero-order valence-corrected chi connectivity index (χ0v) is 5.88. The molecule has 2 bridgehead atoms. The van der Waals surface area contributed by atoms with Gasteiger partial charge in [-0.05, 0) is 31.6 Å². The molecule has 1 fully saturated rings. The van der Waals surface area contributed by atoms with Crippen LogP contribution in [0, 0.1) is 17.4 Å². The quantitative estimate of drug-likeness (QED) is 0.409. The molecular weight excluding hydrogens is 126 g/mol. The molecule has 1 atom stereocenters. The van der Waals surface area contributed by atoms with Gasteiger partial charge >= 0.3 is 0 Å². The Bertz CT molecular complexity index is 178. The molecule has 0 aromatic heterocycles. The van der Waals surface area contributed by atoms with Gasteiger partial charge in [-0.3, -0.25) is 0 Å². The van der Waals surface area contributed by atoms with Gasteiger partial charge in [0.15, 0.2) is 0 Å². The topological polar surface area (TPSA) is 44.0 Å². The third-order valence-electron chi connectivity index (χ3n) is 2.16. The van der Waals surface area contributed by atoms with Gasteiger partial charge in [0.05, 0.1) is 0 Å². The zero-order chi connectivity index (χ0) is 7.40. The van der Waals surface area contributed by atoms with Crippen molar-refractivity contribution >= 4 is 0 Å². The van der Waals surface area contributed by atoms with E-state index in [1.165, 1.54) is 25.7 Å². The summed E-state index contributed by atoms with van der Waals surface area (Å²) in [5, 5.41) is 13.8. The highest BCUT2D eigenvalue weighted by Crippen LogP contribution is 2.38. The molecule has 2 rings (SSSR count). The highest BCUT2D eigenvalue weighted by Gasteiger charge is 2.22. The Morgan fingerprint density at radius 2 is 2.40 bits per heavy atom. The van der Waals surface area contributed by atoms with Crippen molar-refractivity contribution in [1.29, 1.82) is 5.26 Å². The first kappa shape index (κ1) is 7.14. The fourth-order valence-electron chi connectivity index (χ4n) is 1.68. The van der Waals surface area contributed by atoms with Gasteiger partial charge in [-0.25, -0.2) is 0 Å². The molecule has 2 aliphatic carbocycles. The standard InChI is InChI=1S/C7H10.CHNO/c1-2-7-4-3-6(1)5-7;2-1-3/h1,7H,2-5H2;3H. The Kier molecular flexibility index (Phi) is 2.33. The predicted octanol–water partition coefficient (Wildman–Crippen LogP) is 1.96. The summed E-state index contributed by atoms with van der Waals surface area (Å²) in [7, 11) is 0. The zero-order valence-electron chi connectivity index (χ0n) is 5.88. The van der Waals surface area contributed by atoms with Gasteiger partial charge in [-0.2, -0.15) is 5.26 Å². The molecule has 0 radical (unpaired) electrons. The largest absolute Gasteiger partial charge is 0.443 e. The van der Waals surface area contributed by atoms with E-state index >= 15 is 0 Å². The molecule has 1 saturated carbocycles. The number of rotatable bonds is 0. The number of hydrogen-bond acceptors (Lipinski definition) is 2. The SMILES string of the molecule is C1=C2CCC(C1)C2.N#CO. The second kappa shape index (κ2) is 3.26. The molecule has 2 aliphatic rings. The van der Waals surface area contributed by atoms with Crippen molar-refractivity contribution in [2.75, 3.05) is 0 Å². The van der Waals surface area contributed by atoms with Crippen LogP contribution < -0.4 is 0 Å². The molecule has 0 aliphatic heterocycles. The second-order valence-electron chi connectivity index (χ2n) is 2.81. The van der Waals surface area contributed by atoms with E-state index in [1.54, 1.807) is 5.57 Å². The molecule has 0 heterocycles. The monoisotopic (exact) mass is 137 g/mol. The van der Waals surface area contributed by atoms with Crippen LogP contribution in [0.15, 0.2) is 11.6 Å². The minimum Gasteiger partial charge on any atom is -0.443 e. The molecule has 54 valence electrons. The Hall–Kier alpha value is -0.970. The van der Waals surface area contributed by atoms with Crippen LogP contribution in [0.2, 0.25) is 0 Å². The van der Waals surface area contributed by atoms with Crippen molar-refractivity contribution in [3.8, 4) is 6.26 Å². The van der Waals surface area contributed by atoms with Gasteiger partial charge in [-0.15, -0.1) is 0 Å². The fourth-order valence-corrected chi connectivity index (χ4v) is 1.68. The molecular formula is C8H11NO. The highest BCUT2D eigenvalue weighted by atomic mass is 16.2. The summed E-state index contributed by atoms with van der Waals surface area (Å²) in [6.07, 6.45) is 8.93. The molecule has 0 amide bonds. The third kappa shape index (κ3) is 1.51. The molecule has 0 saturated heterocycles. The second-order valence-corrected chi connectivity index (χ2v) is 2.81. The number of nitrogens with zero attached hydrogens (tertiary/aromatic N) is 1. The first-order valence-corrected chi connectivity index (χ1v) is 3.58. The van der Waals surface area contributed by atoms with Crippen LogP contribution in [0.25, 0.3) is 0 Å². The molecule has 0 aromatic rings. The van der Waals surface area contributed by atoms with Crippen molar-refractivity contribution in [2.45, 2.75) is 25.7 Å². The molecule has 1 unspecified atom stereocenters. The van der Waals surface area contributed by atoms with E-state index in [-0.39, 0.29) is 0 Å². The van der Waals surface area contributed by atoms with Crippen molar-refractivity contribution in [1.82, 2.24) is 0 Å². The van der Waals surface area contributed by atoms with Gasteiger partial charge < -0.3 is 5.11 Å². The minimum absolute atomic E-state index is 0.750. The van der Waals surface area contributed by atoms with Crippen LogP contribution in [0.4, 0.5) is 0 Å². The fraction of sp³-hybridized carbons (Fsp3) is 0.625. The van der Waals surface area contributed by atoms with Crippen LogP contribution >= 0.6 is 0 Å². The number of nitriles is 1. The van der Waals surface area contributed by atoms with Crippen molar-refractivity contribution < 1.29 is 5.11 Å². The average molecular weight is 137 g/mol. The highest BCUT2D eigenvalue weighted by molar-refractivity contribution is 5.15. The minimum atomic E-state index is 0.750. The number of aliphatic hydroxyl groups is 1. The summed E-state index contributed by atoms with van der Waals surface area (Å²) in [6, 6.07) is 0. The van der Waals surface area contributed by atoms with Crippen LogP contribution in [-0.2, 0) is 0 Å².